The summed E-state index contributed by atoms with van der Waals surface area (Å²) in [4.78, 5) is 6.33. The van der Waals surface area contributed by atoms with Gasteiger partial charge in [-0.1, -0.05) is 19.1 Å². The second-order valence-electron chi connectivity index (χ2n) is 4.69. The van der Waals surface area contributed by atoms with E-state index in [-0.39, 0.29) is 5.84 Å². The van der Waals surface area contributed by atoms with Crippen molar-refractivity contribution in [2.45, 2.75) is 26.4 Å². The van der Waals surface area contributed by atoms with Crippen LogP contribution in [0.4, 0.5) is 5.69 Å². The predicted molar refractivity (Wildman–Crippen MR) is 79.9 cm³/mol. The maximum Gasteiger partial charge on any atom is 0.146 e. The number of rotatable bonds is 6. The number of benzene rings is 1. The van der Waals surface area contributed by atoms with E-state index in [2.05, 4.69) is 17.0 Å². The number of amidine groups is 1. The Hall–Kier alpha value is -2.37. The second kappa shape index (κ2) is 6.18. The van der Waals surface area contributed by atoms with Crippen LogP contribution in [0.1, 0.15) is 24.7 Å². The number of nitrogens with two attached hydrogens (primary N) is 1. The van der Waals surface area contributed by atoms with Crippen LogP contribution in [0.5, 0.6) is 0 Å². The van der Waals surface area contributed by atoms with Gasteiger partial charge in [-0.05, 0) is 18.6 Å². The van der Waals surface area contributed by atoms with Crippen LogP contribution >= 0.6 is 0 Å². The zero-order valence-electron chi connectivity index (χ0n) is 11.9. The van der Waals surface area contributed by atoms with Crippen molar-refractivity contribution in [3.63, 3.8) is 0 Å². The van der Waals surface area contributed by atoms with E-state index in [9.17, 15) is 0 Å². The lowest BCUT2D eigenvalue weighted by molar-refractivity contribution is 0.566. The molecule has 0 bridgehead atoms. The van der Waals surface area contributed by atoms with E-state index in [0.717, 1.165) is 30.0 Å². The molecule has 0 unspecified atom stereocenters. The minimum atomic E-state index is 0.0717. The Balaban J connectivity index is 2.22. The van der Waals surface area contributed by atoms with Crippen molar-refractivity contribution < 1.29 is 0 Å². The van der Waals surface area contributed by atoms with E-state index in [1.165, 1.54) is 0 Å². The maximum absolute atomic E-state index is 7.65. The molecular weight excluding hydrogens is 252 g/mol. The number of aromatic nitrogens is 3. The monoisotopic (exact) mass is 272 g/mol. The zero-order chi connectivity index (χ0) is 14.5. The Morgan fingerprint density at radius 2 is 2.15 bits per heavy atom. The Labute approximate surface area is 118 Å². The first kappa shape index (κ1) is 14.0. The molecule has 3 N–H and O–H groups in total. The van der Waals surface area contributed by atoms with Crippen LogP contribution in [-0.4, -0.2) is 27.6 Å². The summed E-state index contributed by atoms with van der Waals surface area (Å²) in [5.74, 6) is 0.982. The quantitative estimate of drug-likeness (QED) is 0.618. The minimum Gasteiger partial charge on any atom is -0.384 e. The molecule has 0 radical (unpaired) electrons. The lowest BCUT2D eigenvalue weighted by atomic mass is 10.1. The SMILES string of the molecule is CCCn1ncnc1CN(C)c1ccccc1C(=N)N. The van der Waals surface area contributed by atoms with Crippen LogP contribution in [0.15, 0.2) is 30.6 Å². The van der Waals surface area contributed by atoms with Crippen molar-refractivity contribution in [1.29, 1.82) is 5.41 Å². The van der Waals surface area contributed by atoms with E-state index in [1.807, 2.05) is 40.9 Å². The maximum atomic E-state index is 7.65. The van der Waals surface area contributed by atoms with Crippen molar-refractivity contribution in [1.82, 2.24) is 14.8 Å². The molecule has 0 aliphatic carbocycles. The van der Waals surface area contributed by atoms with Gasteiger partial charge in [-0.25, -0.2) is 9.67 Å². The number of nitrogens with one attached hydrogen (secondary N) is 1. The third-order valence-corrected chi connectivity index (χ3v) is 3.12. The highest BCUT2D eigenvalue weighted by Gasteiger charge is 2.12. The number of para-hydroxylation sites is 1. The van der Waals surface area contributed by atoms with Crippen LogP contribution in [0.3, 0.4) is 0 Å². The fourth-order valence-corrected chi connectivity index (χ4v) is 2.14. The lowest BCUT2D eigenvalue weighted by Crippen LogP contribution is -2.24. The number of nitrogen functional groups attached to an aromatic ring is 1. The van der Waals surface area contributed by atoms with Crippen LogP contribution in [0.25, 0.3) is 0 Å². The van der Waals surface area contributed by atoms with Gasteiger partial charge in [0.05, 0.1) is 6.54 Å². The van der Waals surface area contributed by atoms with Crippen molar-refractivity contribution in [3.8, 4) is 0 Å². The van der Waals surface area contributed by atoms with Gasteiger partial charge in [0.25, 0.3) is 0 Å². The molecule has 106 valence electrons. The average Bonchev–Trinajstić information content (AvgIpc) is 2.86. The third-order valence-electron chi connectivity index (χ3n) is 3.12. The standard InChI is InChI=1S/C14H20N6/c1-3-8-20-13(17-10-18-20)9-19(2)12-7-5-4-6-11(12)14(15)16/h4-7,10H,3,8-9H2,1-2H3,(H3,15,16). The molecular formula is C14H20N6. The molecule has 6 nitrogen and oxygen atoms in total. The van der Waals surface area contributed by atoms with Gasteiger partial charge in [0.15, 0.2) is 0 Å². The van der Waals surface area contributed by atoms with Crippen LogP contribution in [0, 0.1) is 5.41 Å². The average molecular weight is 272 g/mol. The van der Waals surface area contributed by atoms with Gasteiger partial charge in [-0.15, -0.1) is 0 Å². The molecule has 0 amide bonds. The third kappa shape index (κ3) is 2.96. The second-order valence-corrected chi connectivity index (χ2v) is 4.69. The number of anilines is 1. The number of aryl methyl sites for hydroxylation is 1. The van der Waals surface area contributed by atoms with E-state index in [4.69, 9.17) is 11.1 Å². The van der Waals surface area contributed by atoms with Gasteiger partial charge in [0.1, 0.15) is 18.0 Å². The van der Waals surface area contributed by atoms with Crippen molar-refractivity contribution in [2.24, 2.45) is 5.73 Å². The Morgan fingerprint density at radius 1 is 1.40 bits per heavy atom. The Morgan fingerprint density at radius 3 is 2.85 bits per heavy atom. The molecule has 1 aromatic carbocycles. The molecule has 0 saturated carbocycles. The molecule has 0 aliphatic heterocycles. The zero-order valence-corrected chi connectivity index (χ0v) is 11.9. The molecule has 0 atom stereocenters. The van der Waals surface area contributed by atoms with E-state index in [1.54, 1.807) is 6.33 Å². The number of hydrogen-bond donors (Lipinski definition) is 2. The minimum absolute atomic E-state index is 0.0717. The Bertz CT molecular complexity index is 589. The summed E-state index contributed by atoms with van der Waals surface area (Å²) in [6.07, 6.45) is 2.60. The molecule has 0 saturated heterocycles. The van der Waals surface area contributed by atoms with Gasteiger partial charge in [0, 0.05) is 24.8 Å². The molecule has 6 heteroatoms. The fourth-order valence-electron chi connectivity index (χ4n) is 2.14. The summed E-state index contributed by atoms with van der Waals surface area (Å²) < 4.78 is 1.91. The summed E-state index contributed by atoms with van der Waals surface area (Å²) in [6.45, 7) is 3.60. The number of hydrogen-bond acceptors (Lipinski definition) is 4. The highest BCUT2D eigenvalue weighted by atomic mass is 15.3. The topological polar surface area (TPSA) is 83.8 Å². The first-order valence-electron chi connectivity index (χ1n) is 6.64. The highest BCUT2D eigenvalue weighted by molar-refractivity contribution is 6.00. The van der Waals surface area contributed by atoms with Gasteiger partial charge in [-0.3, -0.25) is 5.41 Å². The normalized spacial score (nSPS) is 10.5. The Kier molecular flexibility index (Phi) is 4.34. The molecule has 2 aromatic rings. The van der Waals surface area contributed by atoms with Gasteiger partial charge >= 0.3 is 0 Å². The lowest BCUT2D eigenvalue weighted by Gasteiger charge is -2.21. The van der Waals surface area contributed by atoms with Crippen LogP contribution in [-0.2, 0) is 13.1 Å². The molecule has 2 rings (SSSR count). The van der Waals surface area contributed by atoms with E-state index >= 15 is 0 Å². The van der Waals surface area contributed by atoms with E-state index < -0.39 is 0 Å². The van der Waals surface area contributed by atoms with Gasteiger partial charge in [0.2, 0.25) is 0 Å². The van der Waals surface area contributed by atoms with Crippen LogP contribution in [0.2, 0.25) is 0 Å². The van der Waals surface area contributed by atoms with Crippen LogP contribution < -0.4 is 10.6 Å². The largest absolute Gasteiger partial charge is 0.384 e. The summed E-state index contributed by atoms with van der Waals surface area (Å²) in [7, 11) is 1.97. The van der Waals surface area contributed by atoms with Gasteiger partial charge in [-0.2, -0.15) is 5.10 Å². The summed E-state index contributed by atoms with van der Waals surface area (Å²) in [5.41, 5.74) is 7.28. The first-order valence-corrected chi connectivity index (χ1v) is 6.64. The first-order chi connectivity index (χ1) is 9.63. The molecule has 0 aliphatic rings. The summed E-state index contributed by atoms with van der Waals surface area (Å²) in [6, 6.07) is 7.63. The number of nitrogens with zero attached hydrogens (tertiary/aromatic N) is 4. The smallest absolute Gasteiger partial charge is 0.146 e. The van der Waals surface area contributed by atoms with Crippen molar-refractivity contribution in [2.75, 3.05) is 11.9 Å². The molecule has 20 heavy (non-hydrogen) atoms. The van der Waals surface area contributed by atoms with Crippen molar-refractivity contribution in [3.05, 3.63) is 42.0 Å². The van der Waals surface area contributed by atoms with Crippen molar-refractivity contribution >= 4 is 11.5 Å². The molecule has 1 heterocycles. The predicted octanol–water partition coefficient (Wildman–Crippen LogP) is 1.61. The molecule has 0 spiro atoms. The highest BCUT2D eigenvalue weighted by Crippen LogP contribution is 2.20. The summed E-state index contributed by atoms with van der Waals surface area (Å²) >= 11 is 0. The van der Waals surface area contributed by atoms with E-state index in [0.29, 0.717) is 6.54 Å². The fraction of sp³-hybridized carbons (Fsp3) is 0.357. The van der Waals surface area contributed by atoms with Gasteiger partial charge < -0.3 is 10.6 Å². The summed E-state index contributed by atoms with van der Waals surface area (Å²) in [5, 5.41) is 11.9. The molecule has 0 fully saturated rings. The molecule has 1 aromatic heterocycles.